The molecular formula is C22H25N5O6S. The van der Waals surface area contributed by atoms with Gasteiger partial charge in [-0.25, -0.2) is 13.2 Å². The number of anilines is 2. The Morgan fingerprint density at radius 2 is 1.88 bits per heavy atom. The molecule has 2 aromatic carbocycles. The van der Waals surface area contributed by atoms with Gasteiger partial charge in [-0.3, -0.25) is 19.8 Å². The lowest BCUT2D eigenvalue weighted by Gasteiger charge is -2.31. The third-order valence-electron chi connectivity index (χ3n) is 6.11. The lowest BCUT2D eigenvalue weighted by Crippen LogP contribution is -2.41. The van der Waals surface area contributed by atoms with Crippen LogP contribution in [0.25, 0.3) is 0 Å². The van der Waals surface area contributed by atoms with Crippen molar-refractivity contribution in [2.45, 2.75) is 24.7 Å². The number of carbonyl (C=O) groups excluding carboxylic acids is 2. The molecule has 0 unspecified atom stereocenters. The molecule has 34 heavy (non-hydrogen) atoms. The first kappa shape index (κ1) is 23.6. The summed E-state index contributed by atoms with van der Waals surface area (Å²) in [7, 11) is -3.92. The van der Waals surface area contributed by atoms with Gasteiger partial charge in [-0.1, -0.05) is 12.1 Å². The molecule has 2 saturated heterocycles. The fourth-order valence-corrected chi connectivity index (χ4v) is 5.91. The molecule has 3 amide bonds. The number of nitrogens with one attached hydrogen (secondary N) is 2. The van der Waals surface area contributed by atoms with Gasteiger partial charge in [0, 0.05) is 55.6 Å². The van der Waals surface area contributed by atoms with E-state index in [1.165, 1.54) is 16.4 Å². The second kappa shape index (κ2) is 9.39. The molecule has 2 heterocycles. The van der Waals surface area contributed by atoms with E-state index < -0.39 is 14.9 Å². The van der Waals surface area contributed by atoms with E-state index in [2.05, 4.69) is 10.6 Å². The highest BCUT2D eigenvalue weighted by Gasteiger charge is 2.33. The van der Waals surface area contributed by atoms with E-state index >= 15 is 0 Å². The summed E-state index contributed by atoms with van der Waals surface area (Å²) >= 11 is 0. The van der Waals surface area contributed by atoms with Crippen molar-refractivity contribution in [2.75, 3.05) is 36.4 Å². The SMILES string of the molecule is Cc1ccc([N+](=O)[O-])cc1S(=O)(=O)N1CCC(C(=O)Nc2cccc(N3CCNC3=O)c2)CC1. The number of amides is 3. The van der Waals surface area contributed by atoms with Crippen molar-refractivity contribution >= 4 is 39.0 Å². The van der Waals surface area contributed by atoms with E-state index in [9.17, 15) is 28.1 Å². The van der Waals surface area contributed by atoms with Crippen LogP contribution >= 0.6 is 0 Å². The number of benzene rings is 2. The Morgan fingerprint density at radius 1 is 1.15 bits per heavy atom. The van der Waals surface area contributed by atoms with Crippen LogP contribution in [-0.2, 0) is 14.8 Å². The first-order valence-corrected chi connectivity index (χ1v) is 12.3. The molecule has 0 spiro atoms. The third-order valence-corrected chi connectivity index (χ3v) is 8.15. The highest BCUT2D eigenvalue weighted by Crippen LogP contribution is 2.29. The zero-order valence-electron chi connectivity index (χ0n) is 18.6. The number of rotatable bonds is 6. The fourth-order valence-electron chi connectivity index (χ4n) is 4.19. The monoisotopic (exact) mass is 487 g/mol. The second-order valence-electron chi connectivity index (χ2n) is 8.31. The van der Waals surface area contributed by atoms with E-state index in [0.717, 1.165) is 6.07 Å². The van der Waals surface area contributed by atoms with Crippen molar-refractivity contribution in [3.8, 4) is 0 Å². The predicted molar refractivity (Wildman–Crippen MR) is 125 cm³/mol. The van der Waals surface area contributed by atoms with E-state index in [1.807, 2.05) is 0 Å². The Labute approximate surface area is 196 Å². The van der Waals surface area contributed by atoms with Crippen molar-refractivity contribution in [1.82, 2.24) is 9.62 Å². The van der Waals surface area contributed by atoms with Gasteiger partial charge in [0.25, 0.3) is 5.69 Å². The van der Waals surface area contributed by atoms with Crippen LogP contribution in [0.3, 0.4) is 0 Å². The number of piperidine rings is 1. The van der Waals surface area contributed by atoms with E-state index in [0.29, 0.717) is 42.9 Å². The zero-order valence-corrected chi connectivity index (χ0v) is 19.4. The minimum absolute atomic E-state index is 0.0904. The van der Waals surface area contributed by atoms with Crippen molar-refractivity contribution in [3.63, 3.8) is 0 Å². The minimum Gasteiger partial charge on any atom is -0.336 e. The van der Waals surface area contributed by atoms with Gasteiger partial charge in [0.2, 0.25) is 15.9 Å². The Balaban J connectivity index is 1.40. The first-order chi connectivity index (χ1) is 16.2. The average molecular weight is 488 g/mol. The Morgan fingerprint density at radius 3 is 2.53 bits per heavy atom. The molecule has 0 atom stereocenters. The quantitative estimate of drug-likeness (QED) is 0.473. The highest BCUT2D eigenvalue weighted by atomic mass is 32.2. The van der Waals surface area contributed by atoms with Crippen LogP contribution in [0.15, 0.2) is 47.4 Å². The Hall–Kier alpha value is -3.51. The smallest absolute Gasteiger partial charge is 0.321 e. The largest absolute Gasteiger partial charge is 0.336 e. The molecule has 2 aliphatic rings. The van der Waals surface area contributed by atoms with Crippen LogP contribution in [0.4, 0.5) is 21.9 Å². The van der Waals surface area contributed by atoms with E-state index in [4.69, 9.17) is 0 Å². The van der Waals surface area contributed by atoms with Gasteiger partial charge < -0.3 is 10.6 Å². The van der Waals surface area contributed by atoms with Gasteiger partial charge in [0.15, 0.2) is 0 Å². The summed E-state index contributed by atoms with van der Waals surface area (Å²) < 4.78 is 27.5. The minimum atomic E-state index is -3.92. The van der Waals surface area contributed by atoms with Crippen molar-refractivity contribution in [3.05, 3.63) is 58.1 Å². The lowest BCUT2D eigenvalue weighted by molar-refractivity contribution is -0.385. The number of urea groups is 1. The number of nitro benzene ring substituents is 1. The predicted octanol–water partition coefficient (Wildman–Crippen LogP) is 2.47. The van der Waals surface area contributed by atoms with Crippen LogP contribution in [0.1, 0.15) is 18.4 Å². The number of carbonyl (C=O) groups is 2. The second-order valence-corrected chi connectivity index (χ2v) is 10.2. The molecule has 4 rings (SSSR count). The molecule has 0 saturated carbocycles. The molecule has 0 aromatic heterocycles. The standard InChI is InChI=1S/C22H25N5O6S/c1-15-5-6-19(27(30)31)14-20(15)34(32,33)25-10-7-16(8-11-25)21(28)24-17-3-2-4-18(13-17)26-12-9-23-22(26)29/h2-6,13-14,16H,7-12H2,1H3,(H,23,29)(H,24,28). The van der Waals surface area contributed by atoms with Gasteiger partial charge in [-0.15, -0.1) is 0 Å². The van der Waals surface area contributed by atoms with Crippen molar-refractivity contribution in [1.29, 1.82) is 0 Å². The molecule has 2 fully saturated rings. The van der Waals surface area contributed by atoms with E-state index in [-0.39, 0.29) is 41.5 Å². The highest BCUT2D eigenvalue weighted by molar-refractivity contribution is 7.89. The molecule has 0 radical (unpaired) electrons. The summed E-state index contributed by atoms with van der Waals surface area (Å²) in [4.78, 5) is 36.7. The summed E-state index contributed by atoms with van der Waals surface area (Å²) in [6.45, 7) is 2.98. The molecule has 0 bridgehead atoms. The molecule has 2 N–H and O–H groups in total. The fraction of sp³-hybridized carbons (Fsp3) is 0.364. The molecule has 12 heteroatoms. The van der Waals surface area contributed by atoms with Crippen molar-refractivity contribution in [2.24, 2.45) is 5.92 Å². The first-order valence-electron chi connectivity index (χ1n) is 10.9. The number of sulfonamides is 1. The lowest BCUT2D eigenvalue weighted by atomic mass is 9.97. The normalized spacial score (nSPS) is 17.4. The molecular weight excluding hydrogens is 462 g/mol. The summed E-state index contributed by atoms with van der Waals surface area (Å²) in [6.07, 6.45) is 0.653. The van der Waals surface area contributed by atoms with Gasteiger partial charge in [0.1, 0.15) is 0 Å². The van der Waals surface area contributed by atoms with E-state index in [1.54, 1.807) is 36.1 Å². The number of aryl methyl sites for hydroxylation is 1. The summed E-state index contributed by atoms with van der Waals surface area (Å²) in [5.74, 6) is -0.594. The number of non-ortho nitro benzene ring substituents is 1. The molecule has 2 aliphatic heterocycles. The Kier molecular flexibility index (Phi) is 6.53. The van der Waals surface area contributed by atoms with Gasteiger partial charge >= 0.3 is 6.03 Å². The average Bonchev–Trinajstić information content (AvgIpc) is 3.25. The summed E-state index contributed by atoms with van der Waals surface area (Å²) in [5, 5.41) is 16.7. The number of nitrogens with zero attached hydrogens (tertiary/aromatic N) is 3. The topological polar surface area (TPSA) is 142 Å². The molecule has 2 aromatic rings. The molecule has 180 valence electrons. The molecule has 0 aliphatic carbocycles. The summed E-state index contributed by atoms with van der Waals surface area (Å²) in [5.41, 5.74) is 1.38. The zero-order chi connectivity index (χ0) is 24.5. The maximum absolute atomic E-state index is 13.1. The van der Waals surface area contributed by atoms with Crippen LogP contribution in [-0.4, -0.2) is 55.8 Å². The van der Waals surface area contributed by atoms with Gasteiger partial charge in [-0.2, -0.15) is 4.31 Å². The maximum Gasteiger partial charge on any atom is 0.321 e. The summed E-state index contributed by atoms with van der Waals surface area (Å²) in [6, 6.07) is 10.6. The van der Waals surface area contributed by atoms with Crippen LogP contribution in [0.2, 0.25) is 0 Å². The number of hydrogen-bond donors (Lipinski definition) is 2. The van der Waals surface area contributed by atoms with Crippen LogP contribution in [0.5, 0.6) is 0 Å². The Bertz CT molecular complexity index is 1240. The van der Waals surface area contributed by atoms with Crippen molar-refractivity contribution < 1.29 is 22.9 Å². The number of hydrogen-bond acceptors (Lipinski definition) is 6. The van der Waals surface area contributed by atoms with Gasteiger partial charge in [0.05, 0.1) is 9.82 Å². The maximum atomic E-state index is 13.1. The molecule has 11 nitrogen and oxygen atoms in total. The van der Waals surface area contributed by atoms with Crippen LogP contribution < -0.4 is 15.5 Å². The van der Waals surface area contributed by atoms with Gasteiger partial charge in [-0.05, 0) is 43.5 Å². The number of nitro groups is 1. The third kappa shape index (κ3) is 4.73. The van der Waals surface area contributed by atoms with Crippen LogP contribution in [0, 0.1) is 23.0 Å².